The first-order valence-corrected chi connectivity index (χ1v) is 10.2. The normalized spacial score (nSPS) is 19.3. The average molecular weight is 383 g/mol. The molecule has 1 heterocycles. The molecule has 26 heavy (non-hydrogen) atoms. The summed E-state index contributed by atoms with van der Waals surface area (Å²) >= 11 is 0. The smallest absolute Gasteiger partial charge is 0.307 e. The van der Waals surface area contributed by atoms with Crippen molar-refractivity contribution in [2.24, 2.45) is 5.92 Å². The van der Waals surface area contributed by atoms with E-state index >= 15 is 0 Å². The lowest BCUT2D eigenvalue weighted by atomic mass is 10.0. The zero-order chi connectivity index (χ0) is 19.5. The third kappa shape index (κ3) is 4.42. The molecule has 8 heteroatoms. The lowest BCUT2D eigenvalue weighted by Crippen LogP contribution is -2.51. The number of aliphatic hydroxyl groups excluding tert-OH is 1. The van der Waals surface area contributed by atoms with Crippen molar-refractivity contribution in [1.29, 1.82) is 0 Å². The highest BCUT2D eigenvalue weighted by Gasteiger charge is 2.46. The van der Waals surface area contributed by atoms with E-state index in [1.807, 2.05) is 0 Å². The van der Waals surface area contributed by atoms with Crippen molar-refractivity contribution in [3.05, 3.63) is 35.9 Å². The van der Waals surface area contributed by atoms with Gasteiger partial charge in [-0.15, -0.1) is 0 Å². The van der Waals surface area contributed by atoms with Crippen molar-refractivity contribution < 1.29 is 28.2 Å². The number of amides is 1. The number of carboxylic acids is 1. The number of aliphatic carboxylic acids is 1. The fourth-order valence-electron chi connectivity index (χ4n) is 3.03. The average Bonchev–Trinajstić information content (AvgIpc) is 3.00. The van der Waals surface area contributed by atoms with Crippen LogP contribution in [0.3, 0.4) is 0 Å². The number of carboxylic acid groups (broad SMARTS) is 1. The topological polar surface area (TPSA) is 112 Å². The van der Waals surface area contributed by atoms with Gasteiger partial charge in [0.15, 0.2) is 9.84 Å². The number of carbonyl (C=O) groups excluding carboxylic acids is 1. The predicted octanol–water partition coefficient (Wildman–Crippen LogP) is 0.716. The Morgan fingerprint density at radius 1 is 1.27 bits per heavy atom. The van der Waals surface area contributed by atoms with Gasteiger partial charge in [-0.3, -0.25) is 9.59 Å². The Morgan fingerprint density at radius 2 is 1.88 bits per heavy atom. The van der Waals surface area contributed by atoms with E-state index in [0.717, 1.165) is 5.56 Å². The molecule has 0 spiro atoms. The van der Waals surface area contributed by atoms with Gasteiger partial charge in [-0.05, 0) is 32.3 Å². The molecule has 2 rings (SSSR count). The number of likely N-dealkylation sites (tertiary alicyclic amines) is 1. The Balaban J connectivity index is 2.17. The van der Waals surface area contributed by atoms with Crippen molar-refractivity contribution in [2.45, 2.75) is 37.5 Å². The highest BCUT2D eigenvalue weighted by Crippen LogP contribution is 2.26. The van der Waals surface area contributed by atoms with Gasteiger partial charge in [0.1, 0.15) is 4.75 Å². The molecule has 2 atom stereocenters. The molecular weight excluding hydrogens is 358 g/mol. The van der Waals surface area contributed by atoms with Gasteiger partial charge < -0.3 is 15.1 Å². The molecule has 0 aromatic heterocycles. The SMILES string of the molecule is CC(C)(C(=O)N1CC[C@H](O)C1)S(=O)(=O)C[C@@H](Cc1ccccc1)C(=O)O. The molecule has 0 saturated carbocycles. The van der Waals surface area contributed by atoms with Crippen LogP contribution in [0, 0.1) is 5.92 Å². The summed E-state index contributed by atoms with van der Waals surface area (Å²) in [5, 5.41) is 19.0. The van der Waals surface area contributed by atoms with Crippen LogP contribution in [-0.2, 0) is 25.8 Å². The number of hydrogen-bond donors (Lipinski definition) is 2. The Labute approximate surface area is 153 Å². The van der Waals surface area contributed by atoms with Gasteiger partial charge in [0.25, 0.3) is 0 Å². The van der Waals surface area contributed by atoms with E-state index in [1.54, 1.807) is 30.3 Å². The summed E-state index contributed by atoms with van der Waals surface area (Å²) in [6.07, 6.45) is -0.169. The fourth-order valence-corrected chi connectivity index (χ4v) is 4.63. The summed E-state index contributed by atoms with van der Waals surface area (Å²) < 4.78 is 24.0. The standard InChI is InChI=1S/C18H25NO6S/c1-18(2,17(23)19-9-8-15(20)11-19)26(24,25)12-14(16(21)22)10-13-6-4-3-5-7-13/h3-7,14-15,20H,8-12H2,1-2H3,(H,21,22)/t14-,15+/m1/s1. The number of hydrogen-bond acceptors (Lipinski definition) is 5. The quantitative estimate of drug-likeness (QED) is 0.717. The first-order chi connectivity index (χ1) is 12.0. The van der Waals surface area contributed by atoms with Gasteiger partial charge in [-0.1, -0.05) is 30.3 Å². The van der Waals surface area contributed by atoms with Crippen LogP contribution in [-0.4, -0.2) is 65.1 Å². The van der Waals surface area contributed by atoms with Crippen LogP contribution in [0.4, 0.5) is 0 Å². The number of sulfone groups is 1. The van der Waals surface area contributed by atoms with Gasteiger partial charge in [0.2, 0.25) is 5.91 Å². The van der Waals surface area contributed by atoms with E-state index in [1.165, 1.54) is 18.7 Å². The molecule has 1 aromatic carbocycles. The minimum absolute atomic E-state index is 0.0715. The molecule has 1 amide bonds. The molecule has 144 valence electrons. The summed E-state index contributed by atoms with van der Waals surface area (Å²) in [4.78, 5) is 25.6. The molecular formula is C18H25NO6S. The van der Waals surface area contributed by atoms with E-state index in [4.69, 9.17) is 0 Å². The zero-order valence-electron chi connectivity index (χ0n) is 15.0. The second-order valence-corrected chi connectivity index (χ2v) is 9.79. The highest BCUT2D eigenvalue weighted by molar-refractivity contribution is 7.93. The first-order valence-electron chi connectivity index (χ1n) is 8.51. The van der Waals surface area contributed by atoms with Crippen LogP contribution in [0.25, 0.3) is 0 Å². The van der Waals surface area contributed by atoms with Crippen molar-refractivity contribution in [1.82, 2.24) is 4.90 Å². The van der Waals surface area contributed by atoms with E-state index in [2.05, 4.69) is 0 Å². The summed E-state index contributed by atoms with van der Waals surface area (Å²) in [6, 6.07) is 8.79. The van der Waals surface area contributed by atoms with Crippen molar-refractivity contribution in [3.63, 3.8) is 0 Å². The molecule has 2 N–H and O–H groups in total. The zero-order valence-corrected chi connectivity index (χ0v) is 15.8. The van der Waals surface area contributed by atoms with Gasteiger partial charge in [0.05, 0.1) is 17.8 Å². The summed E-state index contributed by atoms with van der Waals surface area (Å²) in [6.45, 7) is 3.00. The van der Waals surface area contributed by atoms with Crippen molar-refractivity contribution in [2.75, 3.05) is 18.8 Å². The van der Waals surface area contributed by atoms with Crippen LogP contribution >= 0.6 is 0 Å². The molecule has 1 saturated heterocycles. The predicted molar refractivity (Wildman–Crippen MR) is 96.3 cm³/mol. The second-order valence-electron chi connectivity index (χ2n) is 7.21. The maximum atomic E-state index is 12.9. The number of β-amino-alcohol motifs (C(OH)–C–C–N with tert-alkyl or cyclic N) is 1. The maximum Gasteiger partial charge on any atom is 0.307 e. The van der Waals surface area contributed by atoms with Crippen LogP contribution in [0.1, 0.15) is 25.8 Å². The van der Waals surface area contributed by atoms with Crippen LogP contribution < -0.4 is 0 Å². The number of nitrogens with zero attached hydrogens (tertiary/aromatic N) is 1. The molecule has 1 fully saturated rings. The molecule has 0 aliphatic carbocycles. The van der Waals surface area contributed by atoms with Gasteiger partial charge in [-0.2, -0.15) is 0 Å². The molecule has 1 aliphatic heterocycles. The number of benzene rings is 1. The Hall–Kier alpha value is -1.93. The van der Waals surface area contributed by atoms with Crippen LogP contribution in [0.15, 0.2) is 30.3 Å². The van der Waals surface area contributed by atoms with Gasteiger partial charge in [-0.25, -0.2) is 8.42 Å². The van der Waals surface area contributed by atoms with Crippen LogP contribution in [0.2, 0.25) is 0 Å². The van der Waals surface area contributed by atoms with Crippen LogP contribution in [0.5, 0.6) is 0 Å². The van der Waals surface area contributed by atoms with E-state index in [0.29, 0.717) is 13.0 Å². The molecule has 7 nitrogen and oxygen atoms in total. The molecule has 0 unspecified atom stereocenters. The van der Waals surface area contributed by atoms with Gasteiger partial charge in [0, 0.05) is 13.1 Å². The van der Waals surface area contributed by atoms with E-state index in [9.17, 15) is 28.2 Å². The minimum atomic E-state index is -4.03. The molecule has 1 aliphatic rings. The Kier molecular flexibility index (Phi) is 6.08. The monoisotopic (exact) mass is 383 g/mol. The fraction of sp³-hybridized carbons (Fsp3) is 0.556. The highest BCUT2D eigenvalue weighted by atomic mass is 32.2. The Bertz CT molecular complexity index is 759. The number of aliphatic hydroxyl groups is 1. The summed E-state index contributed by atoms with van der Waals surface area (Å²) in [5.74, 6) is -3.57. The molecule has 1 aromatic rings. The summed E-state index contributed by atoms with van der Waals surface area (Å²) in [7, 11) is -4.03. The third-order valence-corrected chi connectivity index (χ3v) is 7.41. The summed E-state index contributed by atoms with van der Waals surface area (Å²) in [5.41, 5.74) is 0.724. The third-order valence-electron chi connectivity index (χ3n) is 4.84. The van der Waals surface area contributed by atoms with Crippen molar-refractivity contribution in [3.8, 4) is 0 Å². The van der Waals surface area contributed by atoms with E-state index in [-0.39, 0.29) is 13.0 Å². The van der Waals surface area contributed by atoms with E-state index < -0.39 is 44.2 Å². The maximum absolute atomic E-state index is 12.9. The lowest BCUT2D eigenvalue weighted by Gasteiger charge is -2.30. The Morgan fingerprint density at radius 3 is 2.38 bits per heavy atom. The lowest BCUT2D eigenvalue weighted by molar-refractivity contribution is -0.141. The number of rotatable bonds is 7. The van der Waals surface area contributed by atoms with Gasteiger partial charge >= 0.3 is 5.97 Å². The molecule has 0 bridgehead atoms. The van der Waals surface area contributed by atoms with Crippen molar-refractivity contribution >= 4 is 21.7 Å². The molecule has 0 radical (unpaired) electrons. The largest absolute Gasteiger partial charge is 0.481 e. The first kappa shape index (κ1) is 20.4. The minimum Gasteiger partial charge on any atom is -0.481 e. The number of carbonyl (C=O) groups is 2. The second kappa shape index (κ2) is 7.75.